The van der Waals surface area contributed by atoms with Crippen molar-refractivity contribution in [2.45, 2.75) is 77.2 Å². The molecule has 2 amide bonds. The summed E-state index contributed by atoms with van der Waals surface area (Å²) in [5.74, 6) is 3.59. The molecule has 3 aliphatic carbocycles. The highest BCUT2D eigenvalue weighted by Crippen LogP contribution is 2.47. The first-order chi connectivity index (χ1) is 14.0. The van der Waals surface area contributed by atoms with E-state index < -0.39 is 0 Å². The monoisotopic (exact) mass is 401 g/mol. The lowest BCUT2D eigenvalue weighted by atomic mass is 9.68. The number of fused-ring (bicyclic) bond motifs is 1. The van der Waals surface area contributed by atoms with Crippen molar-refractivity contribution in [3.8, 4) is 0 Å². The summed E-state index contributed by atoms with van der Waals surface area (Å²) in [6.45, 7) is 6.23. The summed E-state index contributed by atoms with van der Waals surface area (Å²) in [6.07, 6.45) is 12.3. The van der Waals surface area contributed by atoms with Crippen LogP contribution in [0, 0.1) is 29.1 Å². The van der Waals surface area contributed by atoms with Crippen molar-refractivity contribution in [1.29, 1.82) is 0 Å². The summed E-state index contributed by atoms with van der Waals surface area (Å²) in [6, 6.07) is 0.782. The molecule has 2 aliphatic heterocycles. The molecule has 5 heteroatoms. The van der Waals surface area contributed by atoms with Crippen LogP contribution >= 0.6 is 0 Å². The van der Waals surface area contributed by atoms with Gasteiger partial charge in [0.15, 0.2) is 0 Å². The molecular formula is C24H39N3O2. The Bertz CT molecular complexity index is 630. The SMILES string of the molecule is CC1(C(=O)N2CCN(C(=O)C3CCC(C4CCC5CCNC5C4)CC3)CC2)CC1. The van der Waals surface area contributed by atoms with E-state index in [2.05, 4.69) is 17.1 Å². The maximum Gasteiger partial charge on any atom is 0.228 e. The predicted octanol–water partition coefficient (Wildman–Crippen LogP) is 3.04. The molecule has 5 rings (SSSR count). The van der Waals surface area contributed by atoms with Gasteiger partial charge in [-0.25, -0.2) is 0 Å². The summed E-state index contributed by atoms with van der Waals surface area (Å²) in [5, 5.41) is 3.73. The highest BCUT2D eigenvalue weighted by Gasteiger charge is 2.47. The Morgan fingerprint density at radius 3 is 2.10 bits per heavy atom. The van der Waals surface area contributed by atoms with E-state index in [4.69, 9.17) is 0 Å². The van der Waals surface area contributed by atoms with Crippen LogP contribution in [0.4, 0.5) is 0 Å². The lowest BCUT2D eigenvalue weighted by molar-refractivity contribution is -0.145. The van der Waals surface area contributed by atoms with Crippen molar-refractivity contribution >= 4 is 11.8 Å². The number of nitrogens with zero attached hydrogens (tertiary/aromatic N) is 2. The highest BCUT2D eigenvalue weighted by atomic mass is 16.2. The molecule has 0 radical (unpaired) electrons. The Hall–Kier alpha value is -1.10. The molecule has 0 spiro atoms. The predicted molar refractivity (Wildman–Crippen MR) is 113 cm³/mol. The molecule has 0 aromatic rings. The normalized spacial score (nSPS) is 39.1. The van der Waals surface area contributed by atoms with E-state index in [1.807, 2.05) is 4.90 Å². The molecule has 0 bridgehead atoms. The molecule has 0 aromatic carbocycles. The first kappa shape index (κ1) is 19.8. The molecule has 5 aliphatic rings. The zero-order chi connectivity index (χ0) is 20.0. The van der Waals surface area contributed by atoms with E-state index in [0.717, 1.165) is 75.7 Å². The molecule has 3 atom stereocenters. The maximum atomic E-state index is 13.1. The zero-order valence-corrected chi connectivity index (χ0v) is 18.2. The van der Waals surface area contributed by atoms with Crippen LogP contribution in [-0.2, 0) is 9.59 Å². The second-order valence-corrected chi connectivity index (χ2v) is 11.0. The van der Waals surface area contributed by atoms with Gasteiger partial charge in [0.05, 0.1) is 0 Å². The average molecular weight is 402 g/mol. The lowest BCUT2D eigenvalue weighted by Crippen LogP contribution is -2.53. The number of hydrogen-bond acceptors (Lipinski definition) is 3. The molecule has 2 heterocycles. The van der Waals surface area contributed by atoms with Gasteiger partial charge in [-0.15, -0.1) is 0 Å². The van der Waals surface area contributed by atoms with Crippen molar-refractivity contribution in [3.63, 3.8) is 0 Å². The average Bonchev–Trinajstić information content (AvgIpc) is 3.34. The Kier molecular flexibility index (Phi) is 5.38. The minimum Gasteiger partial charge on any atom is -0.339 e. The van der Waals surface area contributed by atoms with Crippen molar-refractivity contribution in [2.24, 2.45) is 29.1 Å². The number of carbonyl (C=O) groups excluding carboxylic acids is 2. The summed E-state index contributed by atoms with van der Waals surface area (Å²) in [7, 11) is 0. The van der Waals surface area contributed by atoms with Gasteiger partial charge in [0.25, 0.3) is 0 Å². The van der Waals surface area contributed by atoms with E-state index in [0.29, 0.717) is 11.8 Å². The number of carbonyl (C=O) groups is 2. The third kappa shape index (κ3) is 3.96. The van der Waals surface area contributed by atoms with E-state index in [1.165, 1.54) is 45.1 Å². The van der Waals surface area contributed by atoms with Gasteiger partial charge in [0.1, 0.15) is 0 Å². The second kappa shape index (κ2) is 7.86. The fourth-order valence-corrected chi connectivity index (χ4v) is 6.75. The van der Waals surface area contributed by atoms with E-state index in [-0.39, 0.29) is 11.3 Å². The number of nitrogens with one attached hydrogen (secondary N) is 1. The smallest absolute Gasteiger partial charge is 0.228 e. The van der Waals surface area contributed by atoms with Gasteiger partial charge in [0.2, 0.25) is 11.8 Å². The molecule has 162 valence electrons. The van der Waals surface area contributed by atoms with Gasteiger partial charge in [-0.05, 0) is 88.5 Å². The zero-order valence-electron chi connectivity index (χ0n) is 18.2. The van der Waals surface area contributed by atoms with Crippen molar-refractivity contribution in [2.75, 3.05) is 32.7 Å². The van der Waals surface area contributed by atoms with Crippen LogP contribution in [0.25, 0.3) is 0 Å². The summed E-state index contributed by atoms with van der Waals surface area (Å²) in [5.41, 5.74) is -0.0856. The maximum absolute atomic E-state index is 13.1. The minimum atomic E-state index is -0.0856. The number of hydrogen-bond donors (Lipinski definition) is 1. The fraction of sp³-hybridized carbons (Fsp3) is 0.917. The van der Waals surface area contributed by atoms with E-state index >= 15 is 0 Å². The van der Waals surface area contributed by atoms with Crippen molar-refractivity contribution < 1.29 is 9.59 Å². The standard InChI is InChI=1S/C24H39N3O2/c1-24(9-10-24)23(29)27-14-12-26(13-15-27)22(28)19-5-2-17(3-6-19)20-7-4-18-8-11-25-21(18)16-20/h17-21,25H,2-16H2,1H3. The molecule has 5 fully saturated rings. The van der Waals surface area contributed by atoms with Crippen LogP contribution in [-0.4, -0.2) is 60.4 Å². The first-order valence-corrected chi connectivity index (χ1v) is 12.3. The van der Waals surface area contributed by atoms with Gasteiger partial charge < -0.3 is 15.1 Å². The number of rotatable bonds is 3. The molecule has 3 unspecified atom stereocenters. The molecule has 1 N–H and O–H groups in total. The van der Waals surface area contributed by atoms with Crippen molar-refractivity contribution in [1.82, 2.24) is 15.1 Å². The van der Waals surface area contributed by atoms with Crippen LogP contribution in [0.15, 0.2) is 0 Å². The fourth-order valence-electron chi connectivity index (χ4n) is 6.75. The molecule has 29 heavy (non-hydrogen) atoms. The Morgan fingerprint density at radius 2 is 1.41 bits per heavy atom. The van der Waals surface area contributed by atoms with Crippen LogP contribution in [0.1, 0.15) is 71.1 Å². The summed E-state index contributed by atoms with van der Waals surface area (Å²) < 4.78 is 0. The van der Waals surface area contributed by atoms with Gasteiger partial charge in [-0.2, -0.15) is 0 Å². The van der Waals surface area contributed by atoms with Gasteiger partial charge in [-0.1, -0.05) is 6.92 Å². The minimum absolute atomic E-state index is 0.0856. The van der Waals surface area contributed by atoms with Crippen LogP contribution in [0.5, 0.6) is 0 Å². The lowest BCUT2D eigenvalue weighted by Gasteiger charge is -2.41. The summed E-state index contributed by atoms with van der Waals surface area (Å²) >= 11 is 0. The quantitative estimate of drug-likeness (QED) is 0.791. The molecule has 2 saturated heterocycles. The van der Waals surface area contributed by atoms with Crippen LogP contribution in [0.3, 0.4) is 0 Å². The topological polar surface area (TPSA) is 52.7 Å². The number of piperazine rings is 1. The van der Waals surface area contributed by atoms with Gasteiger partial charge in [-0.3, -0.25) is 9.59 Å². The van der Waals surface area contributed by atoms with E-state index in [9.17, 15) is 9.59 Å². The van der Waals surface area contributed by atoms with Crippen molar-refractivity contribution in [3.05, 3.63) is 0 Å². The highest BCUT2D eigenvalue weighted by molar-refractivity contribution is 5.85. The number of amides is 2. The molecule has 3 saturated carbocycles. The Balaban J connectivity index is 1.07. The second-order valence-electron chi connectivity index (χ2n) is 11.0. The Labute approximate surface area is 175 Å². The third-order valence-corrected chi connectivity index (χ3v) is 9.14. The molecule has 0 aromatic heterocycles. The Morgan fingerprint density at radius 1 is 0.793 bits per heavy atom. The van der Waals surface area contributed by atoms with Gasteiger partial charge >= 0.3 is 0 Å². The van der Waals surface area contributed by atoms with E-state index in [1.54, 1.807) is 0 Å². The third-order valence-electron chi connectivity index (χ3n) is 9.14. The summed E-state index contributed by atoms with van der Waals surface area (Å²) in [4.78, 5) is 29.7. The van der Waals surface area contributed by atoms with Crippen LogP contribution < -0.4 is 5.32 Å². The first-order valence-electron chi connectivity index (χ1n) is 12.3. The molecular weight excluding hydrogens is 362 g/mol. The largest absolute Gasteiger partial charge is 0.339 e. The van der Waals surface area contributed by atoms with Gasteiger partial charge in [0, 0.05) is 43.6 Å². The molecule has 5 nitrogen and oxygen atoms in total. The van der Waals surface area contributed by atoms with Crippen LogP contribution in [0.2, 0.25) is 0 Å².